The predicted molar refractivity (Wildman–Crippen MR) is 71.1 cm³/mol. The van der Waals surface area contributed by atoms with Gasteiger partial charge in [0.1, 0.15) is 0 Å². The molecule has 0 saturated carbocycles. The second-order valence-electron chi connectivity index (χ2n) is 5.02. The van der Waals surface area contributed by atoms with E-state index in [1.165, 1.54) is 0 Å². The molecule has 16 heavy (non-hydrogen) atoms. The standard InChI is InChI=1S/C13H24O2S/c1-7-15-11-9-13(4,5)16-12(2,3)8-10-14-6/h1,6,8-11H2,2-5H3/q+2. The summed E-state index contributed by atoms with van der Waals surface area (Å²) in [6.07, 6.45) is 4.43. The lowest BCUT2D eigenvalue weighted by Crippen LogP contribution is -2.28. The smallest absolute Gasteiger partial charge is 0.269 e. The number of rotatable bonds is 9. The molecule has 0 aliphatic heterocycles. The Balaban J connectivity index is 4.05. The first-order chi connectivity index (χ1) is 7.33. The molecule has 0 saturated heterocycles. The quantitative estimate of drug-likeness (QED) is 0.349. The number of hydrogen-bond acceptors (Lipinski definition) is 3. The molecule has 2 nitrogen and oxygen atoms in total. The molecular formula is C13H24O2S+2. The lowest BCUT2D eigenvalue weighted by molar-refractivity contribution is 0.215. The van der Waals surface area contributed by atoms with Gasteiger partial charge in [-0.1, -0.05) is 27.7 Å². The molecule has 0 atom stereocenters. The van der Waals surface area contributed by atoms with E-state index in [0.717, 1.165) is 12.8 Å². The van der Waals surface area contributed by atoms with Gasteiger partial charge in [0.05, 0.1) is 6.61 Å². The van der Waals surface area contributed by atoms with Crippen LogP contribution in [0.25, 0.3) is 0 Å². The second-order valence-corrected chi connectivity index (χ2v) is 7.44. The summed E-state index contributed by atoms with van der Waals surface area (Å²) >= 11 is 1.96. The average Bonchev–Trinajstić information content (AvgIpc) is 2.13. The molecule has 0 aromatic heterocycles. The molecule has 0 bridgehead atoms. The van der Waals surface area contributed by atoms with Crippen molar-refractivity contribution in [2.45, 2.75) is 50.0 Å². The third-order valence-electron chi connectivity index (χ3n) is 2.31. The van der Waals surface area contributed by atoms with E-state index in [1.807, 2.05) is 11.8 Å². The van der Waals surface area contributed by atoms with Crippen LogP contribution in [0.15, 0.2) is 6.58 Å². The van der Waals surface area contributed by atoms with E-state index < -0.39 is 0 Å². The van der Waals surface area contributed by atoms with Gasteiger partial charge in [-0.15, -0.1) is 11.8 Å². The molecule has 92 valence electrons. The van der Waals surface area contributed by atoms with Crippen LogP contribution < -0.4 is 0 Å². The number of ether oxygens (including phenoxy) is 2. The van der Waals surface area contributed by atoms with Crippen molar-refractivity contribution in [2.75, 3.05) is 13.2 Å². The first-order valence-electron chi connectivity index (χ1n) is 5.54. The first kappa shape index (κ1) is 15.6. The van der Waals surface area contributed by atoms with Gasteiger partial charge in [-0.05, 0) is 6.42 Å². The Hall–Kier alpha value is -0.370. The van der Waals surface area contributed by atoms with E-state index in [0.29, 0.717) is 13.2 Å². The van der Waals surface area contributed by atoms with Crippen LogP contribution in [0.1, 0.15) is 40.5 Å². The Kier molecular flexibility index (Phi) is 6.89. The molecule has 0 aromatic rings. The summed E-state index contributed by atoms with van der Waals surface area (Å²) in [5.74, 6) is 0. The summed E-state index contributed by atoms with van der Waals surface area (Å²) < 4.78 is 10.3. The van der Waals surface area contributed by atoms with Crippen molar-refractivity contribution in [3.63, 3.8) is 0 Å². The van der Waals surface area contributed by atoms with Crippen molar-refractivity contribution >= 4 is 11.8 Å². The van der Waals surface area contributed by atoms with Crippen LogP contribution in [0, 0.1) is 13.4 Å². The first-order valence-corrected chi connectivity index (χ1v) is 6.36. The number of hydrogen-bond donors (Lipinski definition) is 0. The maximum Gasteiger partial charge on any atom is 0.476 e. The Morgan fingerprint density at radius 2 is 1.62 bits per heavy atom. The maximum absolute atomic E-state index is 5.06. The Bertz CT molecular complexity index is 200. The van der Waals surface area contributed by atoms with Gasteiger partial charge < -0.3 is 0 Å². The molecule has 0 unspecified atom stereocenters. The van der Waals surface area contributed by atoms with Gasteiger partial charge >= 0.3 is 6.26 Å². The topological polar surface area (TPSA) is 18.5 Å². The van der Waals surface area contributed by atoms with Gasteiger partial charge in [0.2, 0.25) is 7.11 Å². The second kappa shape index (κ2) is 7.05. The summed E-state index contributed by atoms with van der Waals surface area (Å²) in [6, 6.07) is 0. The molecule has 0 amide bonds. The maximum atomic E-state index is 5.06. The van der Waals surface area contributed by atoms with E-state index in [9.17, 15) is 0 Å². The average molecular weight is 244 g/mol. The Morgan fingerprint density at radius 3 is 2.06 bits per heavy atom. The highest BCUT2D eigenvalue weighted by Crippen LogP contribution is 2.40. The zero-order chi connectivity index (χ0) is 12.7. The molecule has 0 radical (unpaired) electrons. The lowest BCUT2D eigenvalue weighted by atomic mass is 10.1. The van der Waals surface area contributed by atoms with E-state index in [4.69, 9.17) is 9.47 Å². The van der Waals surface area contributed by atoms with Crippen molar-refractivity contribution in [3.05, 3.63) is 20.0 Å². The van der Waals surface area contributed by atoms with Gasteiger partial charge in [-0.2, -0.15) is 4.74 Å². The minimum atomic E-state index is 0.182. The normalized spacial score (nSPS) is 12.2. The van der Waals surface area contributed by atoms with Crippen LogP contribution >= 0.6 is 11.8 Å². The molecule has 0 N–H and O–H groups in total. The monoisotopic (exact) mass is 244 g/mol. The third-order valence-corrected chi connectivity index (χ3v) is 3.82. The zero-order valence-electron chi connectivity index (χ0n) is 11.0. The van der Waals surface area contributed by atoms with Crippen LogP contribution in [0.2, 0.25) is 0 Å². The highest BCUT2D eigenvalue weighted by molar-refractivity contribution is 8.01. The molecule has 0 aliphatic carbocycles. The van der Waals surface area contributed by atoms with Crippen LogP contribution in [-0.4, -0.2) is 22.7 Å². The van der Waals surface area contributed by atoms with Crippen molar-refractivity contribution in [3.8, 4) is 0 Å². The molecule has 0 rings (SSSR count). The van der Waals surface area contributed by atoms with Crippen LogP contribution in [0.3, 0.4) is 0 Å². The van der Waals surface area contributed by atoms with Crippen LogP contribution in [0.5, 0.6) is 0 Å². The third kappa shape index (κ3) is 7.86. The van der Waals surface area contributed by atoms with Crippen LogP contribution in [0.4, 0.5) is 0 Å². The van der Waals surface area contributed by atoms with Crippen molar-refractivity contribution < 1.29 is 9.47 Å². The van der Waals surface area contributed by atoms with Crippen molar-refractivity contribution in [1.82, 2.24) is 0 Å². The minimum absolute atomic E-state index is 0.182. The fourth-order valence-electron chi connectivity index (χ4n) is 1.54. The van der Waals surface area contributed by atoms with Gasteiger partial charge in [0.15, 0.2) is 13.2 Å². The van der Waals surface area contributed by atoms with Gasteiger partial charge in [0, 0.05) is 15.9 Å². The predicted octanol–water partition coefficient (Wildman–Crippen LogP) is 3.83. The highest BCUT2D eigenvalue weighted by Gasteiger charge is 2.29. The lowest BCUT2D eigenvalue weighted by Gasteiger charge is -2.33. The van der Waals surface area contributed by atoms with E-state index >= 15 is 0 Å². The fourth-order valence-corrected chi connectivity index (χ4v) is 3.40. The molecular weight excluding hydrogens is 220 g/mol. The van der Waals surface area contributed by atoms with E-state index in [-0.39, 0.29) is 9.49 Å². The van der Waals surface area contributed by atoms with Crippen molar-refractivity contribution in [1.29, 1.82) is 0 Å². The fraction of sp³-hybridized carbons (Fsp3) is 0.769. The largest absolute Gasteiger partial charge is 0.476 e. The van der Waals surface area contributed by atoms with E-state index in [1.54, 1.807) is 0 Å². The Morgan fingerprint density at radius 1 is 1.12 bits per heavy atom. The van der Waals surface area contributed by atoms with Crippen LogP contribution in [-0.2, 0) is 9.47 Å². The summed E-state index contributed by atoms with van der Waals surface area (Å²) in [4.78, 5) is 0. The van der Waals surface area contributed by atoms with Gasteiger partial charge in [-0.25, -0.2) is 0 Å². The zero-order valence-corrected chi connectivity index (χ0v) is 11.8. The van der Waals surface area contributed by atoms with Gasteiger partial charge in [-0.3, -0.25) is 4.74 Å². The number of thioether (sulfide) groups is 1. The molecule has 0 fully saturated rings. The molecule has 0 aromatic carbocycles. The minimum Gasteiger partial charge on any atom is -0.269 e. The highest BCUT2D eigenvalue weighted by atomic mass is 32.2. The van der Waals surface area contributed by atoms with Crippen molar-refractivity contribution in [2.24, 2.45) is 0 Å². The molecule has 0 aliphatic rings. The Labute approximate surface area is 105 Å². The van der Waals surface area contributed by atoms with E-state index in [2.05, 4.69) is 47.6 Å². The molecule has 0 heterocycles. The molecule has 3 heteroatoms. The summed E-state index contributed by atoms with van der Waals surface area (Å²) in [5.41, 5.74) is 0. The SMILES string of the molecule is C=[C+]OCCC(C)(C)SC(C)(C)CCO[CH2+]. The molecule has 0 spiro atoms. The summed E-state index contributed by atoms with van der Waals surface area (Å²) in [7, 11) is 3.40. The summed E-state index contributed by atoms with van der Waals surface area (Å²) in [6.45, 7) is 13.7. The van der Waals surface area contributed by atoms with Gasteiger partial charge in [0.25, 0.3) is 0 Å². The summed E-state index contributed by atoms with van der Waals surface area (Å²) in [5, 5.41) is 0.